The van der Waals surface area contributed by atoms with E-state index in [0.29, 0.717) is 24.6 Å². The third-order valence-electron chi connectivity index (χ3n) is 4.10. The average Bonchev–Trinajstić information content (AvgIpc) is 2.56. The summed E-state index contributed by atoms with van der Waals surface area (Å²) in [5.41, 5.74) is 7.24. The van der Waals surface area contributed by atoms with E-state index >= 15 is 0 Å². The van der Waals surface area contributed by atoms with E-state index in [1.54, 1.807) is 6.33 Å². The summed E-state index contributed by atoms with van der Waals surface area (Å²) in [4.78, 5) is 20.4. The van der Waals surface area contributed by atoms with E-state index in [4.69, 9.17) is 5.73 Å². The van der Waals surface area contributed by atoms with Crippen LogP contribution in [0.5, 0.6) is 0 Å². The molecule has 0 bridgehead atoms. The predicted octanol–water partition coefficient (Wildman–Crippen LogP) is 1.66. The topological polar surface area (TPSA) is 92.9 Å². The molecule has 0 aliphatic heterocycles. The number of anilines is 1. The number of amides is 1. The number of nitrogens with two attached hydrogens (primary N) is 1. The Kier molecular flexibility index (Phi) is 5.00. The van der Waals surface area contributed by atoms with Crippen molar-refractivity contribution < 1.29 is 9.18 Å². The number of halogens is 1. The number of hydrogen-bond acceptors (Lipinski definition) is 5. The zero-order chi connectivity index (χ0) is 16.9. The summed E-state index contributed by atoms with van der Waals surface area (Å²) >= 11 is 0. The molecule has 3 rings (SSSR count). The minimum absolute atomic E-state index is 0.233. The molecule has 126 valence electrons. The number of hydrogen-bond donors (Lipinski definition) is 3. The number of rotatable bonds is 6. The van der Waals surface area contributed by atoms with Crippen LogP contribution in [0.3, 0.4) is 0 Å². The first-order valence-corrected chi connectivity index (χ1v) is 7.97. The molecule has 4 N–H and O–H groups in total. The number of benzene rings is 1. The van der Waals surface area contributed by atoms with Gasteiger partial charge in [0.05, 0.1) is 0 Å². The van der Waals surface area contributed by atoms with Gasteiger partial charge in [-0.1, -0.05) is 0 Å². The fraction of sp³-hybridized carbons (Fsp3) is 0.353. The van der Waals surface area contributed by atoms with Crippen molar-refractivity contribution in [1.29, 1.82) is 0 Å². The van der Waals surface area contributed by atoms with E-state index in [9.17, 15) is 9.18 Å². The van der Waals surface area contributed by atoms with Crippen LogP contribution in [-0.2, 0) is 0 Å². The van der Waals surface area contributed by atoms with Gasteiger partial charge in [-0.3, -0.25) is 4.79 Å². The second-order valence-corrected chi connectivity index (χ2v) is 5.95. The summed E-state index contributed by atoms with van der Waals surface area (Å²) in [5, 5.41) is 5.93. The lowest BCUT2D eigenvalue weighted by Crippen LogP contribution is -2.35. The molecule has 0 spiro atoms. The highest BCUT2D eigenvalue weighted by atomic mass is 19.1. The molecule has 1 aromatic carbocycles. The van der Waals surface area contributed by atoms with Crippen molar-refractivity contribution in [1.82, 2.24) is 15.3 Å². The van der Waals surface area contributed by atoms with Gasteiger partial charge in [0.2, 0.25) is 0 Å². The first-order chi connectivity index (χ1) is 11.6. The van der Waals surface area contributed by atoms with Crippen LogP contribution in [0.2, 0.25) is 0 Å². The lowest BCUT2D eigenvalue weighted by molar-refractivity contribution is 0.0955. The smallest absolute Gasteiger partial charge is 0.251 e. The molecule has 1 amide bonds. The number of nitrogens with one attached hydrogen (secondary N) is 2. The van der Waals surface area contributed by atoms with E-state index in [-0.39, 0.29) is 17.8 Å². The number of aromatic nitrogens is 2. The van der Waals surface area contributed by atoms with Gasteiger partial charge in [-0.25, -0.2) is 14.4 Å². The Morgan fingerprint density at radius 2 is 1.96 bits per heavy atom. The SMILES string of the molecule is NC1CC(c2cc(NCCNC(=O)c3ccc(F)cc3)ncn2)C1. The molecule has 1 aromatic heterocycles. The van der Waals surface area contributed by atoms with Gasteiger partial charge in [-0.2, -0.15) is 0 Å². The monoisotopic (exact) mass is 329 g/mol. The maximum atomic E-state index is 12.8. The first kappa shape index (κ1) is 16.3. The van der Waals surface area contributed by atoms with E-state index in [1.165, 1.54) is 24.3 Å². The molecule has 2 aromatic rings. The molecule has 0 radical (unpaired) electrons. The Bertz CT molecular complexity index is 700. The van der Waals surface area contributed by atoms with Crippen LogP contribution < -0.4 is 16.4 Å². The quantitative estimate of drug-likeness (QED) is 0.701. The van der Waals surface area contributed by atoms with Crippen LogP contribution in [0.15, 0.2) is 36.7 Å². The minimum atomic E-state index is -0.361. The van der Waals surface area contributed by atoms with Gasteiger partial charge in [-0.05, 0) is 37.1 Å². The third kappa shape index (κ3) is 4.05. The van der Waals surface area contributed by atoms with Gasteiger partial charge in [-0.15, -0.1) is 0 Å². The van der Waals surface area contributed by atoms with Crippen LogP contribution in [0.25, 0.3) is 0 Å². The number of carbonyl (C=O) groups is 1. The highest BCUT2D eigenvalue weighted by Crippen LogP contribution is 2.34. The normalized spacial score (nSPS) is 19.4. The summed E-state index contributed by atoms with van der Waals surface area (Å²) in [6.07, 6.45) is 3.47. The zero-order valence-corrected chi connectivity index (χ0v) is 13.2. The molecular weight excluding hydrogens is 309 g/mol. The Hall–Kier alpha value is -2.54. The van der Waals surface area contributed by atoms with Gasteiger partial charge in [0.25, 0.3) is 5.91 Å². The molecule has 7 heteroatoms. The Morgan fingerprint density at radius 3 is 2.67 bits per heavy atom. The zero-order valence-electron chi connectivity index (χ0n) is 13.2. The molecule has 1 heterocycles. The first-order valence-electron chi connectivity index (χ1n) is 7.97. The lowest BCUT2D eigenvalue weighted by atomic mass is 9.79. The summed E-state index contributed by atoms with van der Waals surface area (Å²) in [6.45, 7) is 0.970. The van der Waals surface area contributed by atoms with Crippen molar-refractivity contribution in [3.8, 4) is 0 Å². The van der Waals surface area contributed by atoms with E-state index < -0.39 is 0 Å². The molecule has 1 fully saturated rings. The summed E-state index contributed by atoms with van der Waals surface area (Å²) < 4.78 is 12.8. The Morgan fingerprint density at radius 1 is 1.21 bits per heavy atom. The molecule has 0 atom stereocenters. The van der Waals surface area contributed by atoms with Crippen molar-refractivity contribution in [2.24, 2.45) is 5.73 Å². The van der Waals surface area contributed by atoms with E-state index in [1.807, 2.05) is 6.07 Å². The van der Waals surface area contributed by atoms with Crippen molar-refractivity contribution in [3.63, 3.8) is 0 Å². The van der Waals surface area contributed by atoms with Gasteiger partial charge >= 0.3 is 0 Å². The summed E-state index contributed by atoms with van der Waals surface area (Å²) in [6, 6.07) is 7.65. The molecule has 1 aliphatic rings. The molecule has 0 unspecified atom stereocenters. The van der Waals surface area contributed by atoms with Crippen LogP contribution >= 0.6 is 0 Å². The maximum Gasteiger partial charge on any atom is 0.251 e. The number of nitrogens with zero attached hydrogens (tertiary/aromatic N) is 2. The van der Waals surface area contributed by atoms with E-state index in [2.05, 4.69) is 20.6 Å². The second-order valence-electron chi connectivity index (χ2n) is 5.95. The van der Waals surface area contributed by atoms with Gasteiger partial charge < -0.3 is 16.4 Å². The minimum Gasteiger partial charge on any atom is -0.368 e. The molecular formula is C17H20FN5O. The fourth-order valence-electron chi connectivity index (χ4n) is 2.67. The highest BCUT2D eigenvalue weighted by molar-refractivity contribution is 5.94. The number of carbonyl (C=O) groups excluding carboxylic acids is 1. The molecule has 1 saturated carbocycles. The van der Waals surface area contributed by atoms with Gasteiger partial charge in [0.1, 0.15) is 18.0 Å². The summed E-state index contributed by atoms with van der Waals surface area (Å²) in [7, 11) is 0. The third-order valence-corrected chi connectivity index (χ3v) is 4.10. The Balaban J connectivity index is 1.44. The van der Waals surface area contributed by atoms with Crippen LogP contribution in [-0.4, -0.2) is 35.0 Å². The Labute approximate surface area is 139 Å². The van der Waals surface area contributed by atoms with Crippen LogP contribution in [0, 0.1) is 5.82 Å². The fourth-order valence-corrected chi connectivity index (χ4v) is 2.67. The largest absolute Gasteiger partial charge is 0.368 e. The van der Waals surface area contributed by atoms with Crippen molar-refractivity contribution in [2.75, 3.05) is 18.4 Å². The second kappa shape index (κ2) is 7.35. The van der Waals surface area contributed by atoms with E-state index in [0.717, 1.165) is 24.4 Å². The average molecular weight is 329 g/mol. The molecule has 6 nitrogen and oxygen atoms in total. The van der Waals surface area contributed by atoms with Gasteiger partial charge in [0.15, 0.2) is 0 Å². The standard InChI is InChI=1S/C17H20FN5O/c18-13-3-1-11(2-4-13)17(24)21-6-5-20-16-9-15(22-10-23-16)12-7-14(19)8-12/h1-4,9-10,12,14H,5-8,19H2,(H,21,24)(H,20,22,23). The molecule has 1 aliphatic carbocycles. The van der Waals surface area contributed by atoms with Crippen molar-refractivity contribution in [2.45, 2.75) is 24.8 Å². The van der Waals surface area contributed by atoms with Crippen molar-refractivity contribution >= 4 is 11.7 Å². The summed E-state index contributed by atoms with van der Waals surface area (Å²) in [5.74, 6) is 0.557. The maximum absolute atomic E-state index is 12.8. The highest BCUT2D eigenvalue weighted by Gasteiger charge is 2.28. The predicted molar refractivity (Wildman–Crippen MR) is 89.2 cm³/mol. The lowest BCUT2D eigenvalue weighted by Gasteiger charge is -2.31. The van der Waals surface area contributed by atoms with Crippen LogP contribution in [0.1, 0.15) is 34.8 Å². The van der Waals surface area contributed by atoms with Gasteiger partial charge in [0, 0.05) is 42.4 Å². The molecule has 0 saturated heterocycles. The molecule has 24 heavy (non-hydrogen) atoms. The van der Waals surface area contributed by atoms with Crippen LogP contribution in [0.4, 0.5) is 10.2 Å². The van der Waals surface area contributed by atoms with Crippen molar-refractivity contribution in [3.05, 3.63) is 53.7 Å².